The largest absolute Gasteiger partial charge is 0.459 e. The second kappa shape index (κ2) is 8.48. The maximum absolute atomic E-state index is 11.8. The number of furan rings is 1. The molecule has 3 rings (SSSR count). The highest BCUT2D eigenvalue weighted by Gasteiger charge is 2.12. The first kappa shape index (κ1) is 17.2. The predicted molar refractivity (Wildman–Crippen MR) is 93.8 cm³/mol. The molecule has 132 valence electrons. The lowest BCUT2D eigenvalue weighted by molar-refractivity contribution is -0.120. The lowest BCUT2D eigenvalue weighted by Gasteiger charge is -2.14. The molecule has 2 N–H and O–H groups in total. The third-order valence-electron chi connectivity index (χ3n) is 4.27. The molecule has 1 saturated heterocycles. The van der Waals surface area contributed by atoms with Gasteiger partial charge in [-0.3, -0.25) is 14.5 Å². The molecule has 2 aromatic rings. The van der Waals surface area contributed by atoms with Crippen LogP contribution in [0, 0.1) is 0 Å². The van der Waals surface area contributed by atoms with Crippen molar-refractivity contribution >= 4 is 11.8 Å². The molecule has 25 heavy (non-hydrogen) atoms. The number of carbonyl (C=O) groups is 2. The third-order valence-corrected chi connectivity index (χ3v) is 4.27. The Hall–Kier alpha value is -2.60. The van der Waals surface area contributed by atoms with Gasteiger partial charge in [0.15, 0.2) is 5.76 Å². The monoisotopic (exact) mass is 341 g/mol. The number of amides is 2. The van der Waals surface area contributed by atoms with Crippen molar-refractivity contribution in [1.29, 1.82) is 0 Å². The van der Waals surface area contributed by atoms with E-state index in [9.17, 15) is 9.59 Å². The molecule has 1 fully saturated rings. The van der Waals surface area contributed by atoms with E-state index >= 15 is 0 Å². The van der Waals surface area contributed by atoms with Crippen molar-refractivity contribution in [3.8, 4) is 0 Å². The van der Waals surface area contributed by atoms with Crippen LogP contribution in [0.2, 0.25) is 0 Å². The van der Waals surface area contributed by atoms with Gasteiger partial charge in [-0.2, -0.15) is 0 Å². The van der Waals surface area contributed by atoms with Crippen LogP contribution in [0.5, 0.6) is 0 Å². The summed E-state index contributed by atoms with van der Waals surface area (Å²) in [5, 5.41) is 5.32. The Morgan fingerprint density at radius 3 is 2.40 bits per heavy atom. The number of nitrogens with one attached hydrogen (secondary N) is 2. The van der Waals surface area contributed by atoms with Crippen molar-refractivity contribution in [3.63, 3.8) is 0 Å². The van der Waals surface area contributed by atoms with Gasteiger partial charge in [-0.1, -0.05) is 24.3 Å². The zero-order valence-corrected chi connectivity index (χ0v) is 14.2. The Kier molecular flexibility index (Phi) is 5.85. The molecule has 1 aliphatic heterocycles. The second-order valence-electron chi connectivity index (χ2n) is 6.24. The molecule has 0 bridgehead atoms. The highest BCUT2D eigenvalue weighted by molar-refractivity contribution is 5.94. The van der Waals surface area contributed by atoms with Crippen molar-refractivity contribution in [2.24, 2.45) is 0 Å². The number of carbonyl (C=O) groups excluding carboxylic acids is 2. The third kappa shape index (κ3) is 5.19. The SMILES string of the molecule is O=C(CNC(=O)c1ccco1)NCc1ccc(CN2CCCC2)cc1. The Bertz CT molecular complexity index is 689. The zero-order valence-electron chi connectivity index (χ0n) is 14.2. The first-order chi connectivity index (χ1) is 12.2. The van der Waals surface area contributed by atoms with Crippen molar-refractivity contribution in [1.82, 2.24) is 15.5 Å². The molecule has 6 nitrogen and oxygen atoms in total. The minimum atomic E-state index is -0.397. The fourth-order valence-corrected chi connectivity index (χ4v) is 2.88. The number of hydrogen-bond donors (Lipinski definition) is 2. The number of hydrogen-bond acceptors (Lipinski definition) is 4. The van der Waals surface area contributed by atoms with Gasteiger partial charge in [-0.05, 0) is 49.2 Å². The number of nitrogens with zero attached hydrogens (tertiary/aromatic N) is 1. The number of rotatable bonds is 7. The van der Waals surface area contributed by atoms with Crippen molar-refractivity contribution in [2.75, 3.05) is 19.6 Å². The molecule has 2 heterocycles. The summed E-state index contributed by atoms with van der Waals surface area (Å²) in [4.78, 5) is 26.0. The molecule has 1 aliphatic rings. The van der Waals surface area contributed by atoms with Gasteiger partial charge in [0, 0.05) is 13.1 Å². The quantitative estimate of drug-likeness (QED) is 0.807. The van der Waals surface area contributed by atoms with E-state index in [0.29, 0.717) is 6.54 Å². The number of benzene rings is 1. The fourth-order valence-electron chi connectivity index (χ4n) is 2.88. The molecule has 0 unspecified atom stereocenters. The Labute approximate surface area is 147 Å². The van der Waals surface area contributed by atoms with Crippen LogP contribution in [0.1, 0.15) is 34.5 Å². The van der Waals surface area contributed by atoms with Crippen molar-refractivity contribution in [3.05, 3.63) is 59.5 Å². The molecular weight excluding hydrogens is 318 g/mol. The van der Waals surface area contributed by atoms with E-state index in [0.717, 1.165) is 12.1 Å². The van der Waals surface area contributed by atoms with Gasteiger partial charge in [0.05, 0.1) is 12.8 Å². The molecule has 0 spiro atoms. The molecule has 1 aromatic carbocycles. The molecule has 2 amide bonds. The highest BCUT2D eigenvalue weighted by atomic mass is 16.3. The van der Waals surface area contributed by atoms with Crippen LogP contribution in [-0.4, -0.2) is 36.3 Å². The summed E-state index contributed by atoms with van der Waals surface area (Å²) in [5.74, 6) is -0.436. The molecule has 0 atom stereocenters. The Morgan fingerprint density at radius 2 is 1.72 bits per heavy atom. The Morgan fingerprint density at radius 1 is 1.00 bits per heavy atom. The van der Waals surface area contributed by atoms with Crippen LogP contribution < -0.4 is 10.6 Å². The lowest BCUT2D eigenvalue weighted by atomic mass is 10.1. The predicted octanol–water partition coefficient (Wildman–Crippen LogP) is 1.92. The van der Waals surface area contributed by atoms with Gasteiger partial charge < -0.3 is 15.1 Å². The Balaban J connectivity index is 1.38. The normalized spacial score (nSPS) is 14.4. The first-order valence-electron chi connectivity index (χ1n) is 8.59. The summed E-state index contributed by atoms with van der Waals surface area (Å²) in [7, 11) is 0. The van der Waals surface area contributed by atoms with Gasteiger partial charge in [0.2, 0.25) is 5.91 Å². The standard InChI is InChI=1S/C19H23N3O3/c23-18(13-21-19(24)17-4-3-11-25-17)20-12-15-5-7-16(8-6-15)14-22-9-1-2-10-22/h3-8,11H,1-2,9-10,12-14H2,(H,20,23)(H,21,24). The molecular formula is C19H23N3O3. The summed E-state index contributed by atoms with van der Waals surface area (Å²) in [6.45, 7) is 3.72. The minimum Gasteiger partial charge on any atom is -0.459 e. The average Bonchev–Trinajstić information content (AvgIpc) is 3.33. The van der Waals surface area contributed by atoms with E-state index in [2.05, 4.69) is 27.7 Å². The van der Waals surface area contributed by atoms with Crippen LogP contribution in [-0.2, 0) is 17.9 Å². The molecule has 0 radical (unpaired) electrons. The van der Waals surface area contributed by atoms with Crippen LogP contribution >= 0.6 is 0 Å². The van der Waals surface area contributed by atoms with Gasteiger partial charge in [-0.15, -0.1) is 0 Å². The average molecular weight is 341 g/mol. The van der Waals surface area contributed by atoms with E-state index in [-0.39, 0.29) is 18.2 Å². The maximum Gasteiger partial charge on any atom is 0.287 e. The van der Waals surface area contributed by atoms with Crippen LogP contribution in [0.4, 0.5) is 0 Å². The summed E-state index contributed by atoms with van der Waals surface area (Å²) >= 11 is 0. The summed E-state index contributed by atoms with van der Waals surface area (Å²) < 4.78 is 4.97. The van der Waals surface area contributed by atoms with Crippen molar-refractivity contribution in [2.45, 2.75) is 25.9 Å². The molecule has 0 saturated carbocycles. The zero-order chi connectivity index (χ0) is 17.5. The molecule has 6 heteroatoms. The van der Waals surface area contributed by atoms with Gasteiger partial charge in [0.25, 0.3) is 5.91 Å². The van der Waals surface area contributed by atoms with Gasteiger partial charge in [-0.25, -0.2) is 0 Å². The van der Waals surface area contributed by atoms with E-state index in [1.165, 1.54) is 37.8 Å². The van der Waals surface area contributed by atoms with Crippen LogP contribution in [0.3, 0.4) is 0 Å². The summed E-state index contributed by atoms with van der Waals surface area (Å²) in [6.07, 6.45) is 4.00. The summed E-state index contributed by atoms with van der Waals surface area (Å²) in [6, 6.07) is 11.5. The fraction of sp³-hybridized carbons (Fsp3) is 0.368. The highest BCUT2D eigenvalue weighted by Crippen LogP contribution is 2.13. The maximum atomic E-state index is 11.8. The summed E-state index contributed by atoms with van der Waals surface area (Å²) in [5.41, 5.74) is 2.33. The van der Waals surface area contributed by atoms with Gasteiger partial charge >= 0.3 is 0 Å². The smallest absolute Gasteiger partial charge is 0.287 e. The van der Waals surface area contributed by atoms with Gasteiger partial charge in [0.1, 0.15) is 0 Å². The van der Waals surface area contributed by atoms with Crippen LogP contribution in [0.15, 0.2) is 47.1 Å². The van der Waals surface area contributed by atoms with E-state index < -0.39 is 5.91 Å². The number of likely N-dealkylation sites (tertiary alicyclic amines) is 1. The van der Waals surface area contributed by atoms with E-state index in [1.54, 1.807) is 12.1 Å². The topological polar surface area (TPSA) is 74.6 Å². The van der Waals surface area contributed by atoms with E-state index in [4.69, 9.17) is 4.42 Å². The second-order valence-corrected chi connectivity index (χ2v) is 6.24. The molecule has 1 aromatic heterocycles. The van der Waals surface area contributed by atoms with E-state index in [1.807, 2.05) is 12.1 Å². The lowest BCUT2D eigenvalue weighted by Crippen LogP contribution is -2.36. The van der Waals surface area contributed by atoms with Crippen LogP contribution in [0.25, 0.3) is 0 Å². The molecule has 0 aliphatic carbocycles. The van der Waals surface area contributed by atoms with Crippen molar-refractivity contribution < 1.29 is 14.0 Å². The first-order valence-corrected chi connectivity index (χ1v) is 8.59. The minimum absolute atomic E-state index is 0.0768.